The van der Waals surface area contributed by atoms with E-state index in [9.17, 15) is 4.79 Å². The first-order valence-electron chi connectivity index (χ1n) is 8.48. The van der Waals surface area contributed by atoms with Crippen LogP contribution in [0.25, 0.3) is 11.4 Å². The fraction of sp³-hybridized carbons (Fsp3) is 0.250. The Bertz CT molecular complexity index is 965. The van der Waals surface area contributed by atoms with E-state index in [1.807, 2.05) is 37.3 Å². The van der Waals surface area contributed by atoms with E-state index in [2.05, 4.69) is 17.1 Å². The Morgan fingerprint density at radius 1 is 1.12 bits per heavy atom. The first-order valence-corrected chi connectivity index (χ1v) is 8.86. The third-order valence-corrected chi connectivity index (χ3v) is 5.07. The standard InChI is InChI=1S/C20H18ClN3O2/c1-12-3-8-17(9-13(12)2)24-11-15(10-18(24)25)20-22-19(23-26-20)14-4-6-16(21)7-5-14/h3-9,15H,10-11H2,1-2H3/t15-/m0/s1. The molecule has 1 aliphatic rings. The molecule has 2 aromatic carbocycles. The lowest BCUT2D eigenvalue weighted by Gasteiger charge is -2.17. The number of rotatable bonds is 3. The molecule has 0 spiro atoms. The Labute approximate surface area is 156 Å². The van der Waals surface area contributed by atoms with Crippen LogP contribution in [0.15, 0.2) is 47.0 Å². The number of benzene rings is 2. The minimum absolute atomic E-state index is 0.0736. The Hall–Kier alpha value is -2.66. The van der Waals surface area contributed by atoms with Gasteiger partial charge in [-0.2, -0.15) is 4.98 Å². The van der Waals surface area contributed by atoms with Gasteiger partial charge >= 0.3 is 0 Å². The largest absolute Gasteiger partial charge is 0.339 e. The topological polar surface area (TPSA) is 59.2 Å². The molecule has 1 amide bonds. The SMILES string of the molecule is Cc1ccc(N2C[C@@H](c3nc(-c4ccc(Cl)cc4)no3)CC2=O)cc1C. The molecule has 1 fully saturated rings. The van der Waals surface area contributed by atoms with Crippen molar-refractivity contribution in [1.29, 1.82) is 0 Å². The summed E-state index contributed by atoms with van der Waals surface area (Å²) in [5.74, 6) is 0.977. The van der Waals surface area contributed by atoms with Gasteiger partial charge in [0.15, 0.2) is 0 Å². The number of carbonyl (C=O) groups is 1. The molecule has 26 heavy (non-hydrogen) atoms. The third-order valence-electron chi connectivity index (χ3n) is 4.82. The summed E-state index contributed by atoms with van der Waals surface area (Å²) in [7, 11) is 0. The molecular weight excluding hydrogens is 350 g/mol. The zero-order valence-electron chi connectivity index (χ0n) is 14.6. The third kappa shape index (κ3) is 3.10. The summed E-state index contributed by atoms with van der Waals surface area (Å²) in [4.78, 5) is 18.8. The smallest absolute Gasteiger partial charge is 0.232 e. The lowest BCUT2D eigenvalue weighted by atomic mass is 10.1. The molecule has 2 heterocycles. The van der Waals surface area contributed by atoms with Crippen LogP contribution >= 0.6 is 11.6 Å². The Kier molecular flexibility index (Phi) is 4.24. The number of aromatic nitrogens is 2. The molecule has 0 radical (unpaired) electrons. The molecule has 3 aromatic rings. The lowest BCUT2D eigenvalue weighted by molar-refractivity contribution is -0.117. The Morgan fingerprint density at radius 3 is 2.62 bits per heavy atom. The van der Waals surface area contributed by atoms with Crippen molar-refractivity contribution in [3.05, 3.63) is 64.5 Å². The monoisotopic (exact) mass is 367 g/mol. The summed E-state index contributed by atoms with van der Waals surface area (Å²) in [6, 6.07) is 13.3. The zero-order valence-corrected chi connectivity index (χ0v) is 15.3. The van der Waals surface area contributed by atoms with E-state index in [-0.39, 0.29) is 11.8 Å². The van der Waals surface area contributed by atoms with Crippen molar-refractivity contribution < 1.29 is 9.32 Å². The van der Waals surface area contributed by atoms with Crippen molar-refractivity contribution >= 4 is 23.2 Å². The highest BCUT2D eigenvalue weighted by Gasteiger charge is 2.35. The number of halogens is 1. The van der Waals surface area contributed by atoms with Gasteiger partial charge in [0, 0.05) is 29.2 Å². The number of aryl methyl sites for hydroxylation is 2. The van der Waals surface area contributed by atoms with Gasteiger partial charge in [-0.15, -0.1) is 0 Å². The molecule has 1 aliphatic heterocycles. The van der Waals surface area contributed by atoms with Gasteiger partial charge in [-0.1, -0.05) is 22.8 Å². The van der Waals surface area contributed by atoms with Gasteiger partial charge in [-0.3, -0.25) is 4.79 Å². The average Bonchev–Trinajstić information content (AvgIpc) is 3.25. The van der Waals surface area contributed by atoms with Gasteiger partial charge in [0.25, 0.3) is 0 Å². The Balaban J connectivity index is 1.55. The minimum atomic E-state index is -0.0994. The highest BCUT2D eigenvalue weighted by molar-refractivity contribution is 6.30. The molecule has 0 bridgehead atoms. The highest BCUT2D eigenvalue weighted by Crippen LogP contribution is 2.32. The van der Waals surface area contributed by atoms with Crippen LogP contribution in [0.4, 0.5) is 5.69 Å². The van der Waals surface area contributed by atoms with Crippen molar-refractivity contribution in [2.75, 3.05) is 11.4 Å². The molecule has 0 saturated carbocycles. The van der Waals surface area contributed by atoms with E-state index in [0.717, 1.165) is 11.3 Å². The summed E-state index contributed by atoms with van der Waals surface area (Å²) in [5, 5.41) is 4.71. The number of hydrogen-bond donors (Lipinski definition) is 0. The zero-order chi connectivity index (χ0) is 18.3. The maximum Gasteiger partial charge on any atom is 0.232 e. The predicted molar refractivity (Wildman–Crippen MR) is 100 cm³/mol. The number of hydrogen-bond acceptors (Lipinski definition) is 4. The quantitative estimate of drug-likeness (QED) is 0.682. The summed E-state index contributed by atoms with van der Waals surface area (Å²) in [6.07, 6.45) is 0.370. The van der Waals surface area contributed by atoms with Crippen LogP contribution in [0.3, 0.4) is 0 Å². The van der Waals surface area contributed by atoms with Gasteiger partial charge in [-0.25, -0.2) is 0 Å². The summed E-state index contributed by atoms with van der Waals surface area (Å²) in [6.45, 7) is 4.65. The summed E-state index contributed by atoms with van der Waals surface area (Å²) < 4.78 is 5.44. The second kappa shape index (κ2) is 6.57. The van der Waals surface area contributed by atoms with E-state index in [1.54, 1.807) is 17.0 Å². The summed E-state index contributed by atoms with van der Waals surface area (Å²) in [5.41, 5.74) is 4.13. The number of carbonyl (C=O) groups excluding carboxylic acids is 1. The Morgan fingerprint density at radius 2 is 1.88 bits per heavy atom. The van der Waals surface area contributed by atoms with Gasteiger partial charge in [0.05, 0.1) is 5.92 Å². The molecule has 0 unspecified atom stereocenters. The maximum atomic E-state index is 12.5. The van der Waals surface area contributed by atoms with Crippen molar-refractivity contribution in [2.45, 2.75) is 26.2 Å². The maximum absolute atomic E-state index is 12.5. The molecule has 0 N–H and O–H groups in total. The van der Waals surface area contributed by atoms with Crippen LogP contribution in [0, 0.1) is 13.8 Å². The lowest BCUT2D eigenvalue weighted by Crippen LogP contribution is -2.24. The molecule has 4 rings (SSSR count). The molecule has 0 aliphatic carbocycles. The van der Waals surface area contributed by atoms with Crippen LogP contribution < -0.4 is 4.90 Å². The average molecular weight is 368 g/mol. The number of amides is 1. The van der Waals surface area contributed by atoms with E-state index in [4.69, 9.17) is 16.1 Å². The fourth-order valence-electron chi connectivity index (χ4n) is 3.13. The first kappa shape index (κ1) is 16.8. The molecular formula is C20H18ClN3O2. The highest BCUT2D eigenvalue weighted by atomic mass is 35.5. The van der Waals surface area contributed by atoms with Gasteiger partial charge in [-0.05, 0) is 61.4 Å². The van der Waals surface area contributed by atoms with Crippen LogP contribution in [0.5, 0.6) is 0 Å². The van der Waals surface area contributed by atoms with Crippen LogP contribution in [0.1, 0.15) is 29.4 Å². The van der Waals surface area contributed by atoms with Crippen LogP contribution in [0.2, 0.25) is 5.02 Å². The number of nitrogens with zero attached hydrogens (tertiary/aromatic N) is 3. The predicted octanol–water partition coefficient (Wildman–Crippen LogP) is 4.53. The fourth-order valence-corrected chi connectivity index (χ4v) is 3.26. The van der Waals surface area contributed by atoms with E-state index in [0.29, 0.717) is 29.7 Å². The van der Waals surface area contributed by atoms with Crippen molar-refractivity contribution in [2.24, 2.45) is 0 Å². The van der Waals surface area contributed by atoms with Crippen LogP contribution in [-0.2, 0) is 4.79 Å². The number of anilines is 1. The summed E-state index contributed by atoms with van der Waals surface area (Å²) >= 11 is 5.91. The molecule has 1 saturated heterocycles. The molecule has 5 nitrogen and oxygen atoms in total. The van der Waals surface area contributed by atoms with E-state index in [1.165, 1.54) is 11.1 Å². The van der Waals surface area contributed by atoms with Crippen molar-refractivity contribution in [3.63, 3.8) is 0 Å². The van der Waals surface area contributed by atoms with E-state index >= 15 is 0 Å². The first-order chi connectivity index (χ1) is 12.5. The van der Waals surface area contributed by atoms with Crippen LogP contribution in [-0.4, -0.2) is 22.6 Å². The molecule has 1 atom stereocenters. The molecule has 6 heteroatoms. The minimum Gasteiger partial charge on any atom is -0.339 e. The molecule has 1 aromatic heterocycles. The second-order valence-corrected chi connectivity index (χ2v) is 7.07. The van der Waals surface area contributed by atoms with Crippen molar-refractivity contribution in [3.8, 4) is 11.4 Å². The van der Waals surface area contributed by atoms with Gasteiger partial charge in [0.1, 0.15) is 0 Å². The molecule has 132 valence electrons. The van der Waals surface area contributed by atoms with Gasteiger partial charge < -0.3 is 9.42 Å². The normalized spacial score (nSPS) is 17.1. The van der Waals surface area contributed by atoms with E-state index < -0.39 is 0 Å². The van der Waals surface area contributed by atoms with Crippen molar-refractivity contribution in [1.82, 2.24) is 10.1 Å². The van der Waals surface area contributed by atoms with Gasteiger partial charge in [0.2, 0.25) is 17.6 Å². The second-order valence-electron chi connectivity index (χ2n) is 6.64.